The molecular formula is C30H22O12. The van der Waals surface area contributed by atoms with Crippen molar-refractivity contribution in [3.8, 4) is 63.1 Å². The Kier molecular flexibility index (Phi) is 5.94. The number of fused-ring (bicyclic) bond motifs is 2. The van der Waals surface area contributed by atoms with Gasteiger partial charge in [0.15, 0.2) is 40.3 Å². The minimum Gasteiger partial charge on any atom is -0.508 e. The predicted molar refractivity (Wildman–Crippen MR) is 145 cm³/mol. The molecule has 1 aromatic heterocycles. The fourth-order valence-corrected chi connectivity index (χ4v) is 5.28. The van der Waals surface area contributed by atoms with E-state index in [0.717, 1.165) is 24.3 Å². The number of hydrogen-bond acceptors (Lipinski definition) is 12. The Balaban J connectivity index is 1.64. The van der Waals surface area contributed by atoms with Crippen LogP contribution in [0.1, 0.15) is 28.7 Å². The van der Waals surface area contributed by atoms with Crippen LogP contribution in [0.5, 0.6) is 51.7 Å². The van der Waals surface area contributed by atoms with E-state index in [4.69, 9.17) is 9.15 Å². The summed E-state index contributed by atoms with van der Waals surface area (Å²) in [4.78, 5) is 13.0. The molecule has 12 nitrogen and oxygen atoms in total. The summed E-state index contributed by atoms with van der Waals surface area (Å²) in [5.41, 5.74) is -0.702. The summed E-state index contributed by atoms with van der Waals surface area (Å²) >= 11 is 0. The number of phenolic OH excluding ortho intramolecular Hbond substituents is 8. The average molecular weight is 574 g/mol. The average Bonchev–Trinajstić information content (AvgIpc) is 2.94. The van der Waals surface area contributed by atoms with Gasteiger partial charge in [0.05, 0.1) is 5.39 Å². The van der Waals surface area contributed by atoms with Crippen LogP contribution in [0.3, 0.4) is 0 Å². The Bertz CT molecular complexity index is 1940. The summed E-state index contributed by atoms with van der Waals surface area (Å²) in [6, 6.07) is 11.9. The Labute approximate surface area is 235 Å². The summed E-state index contributed by atoms with van der Waals surface area (Å²) in [5.74, 6) is -6.76. The number of phenols is 8. The van der Waals surface area contributed by atoms with Gasteiger partial charge in [-0.1, -0.05) is 6.07 Å². The second-order valence-corrected chi connectivity index (χ2v) is 9.85. The summed E-state index contributed by atoms with van der Waals surface area (Å²) in [5, 5.41) is 94.2. The highest BCUT2D eigenvalue weighted by atomic mass is 16.5. The first-order valence-corrected chi connectivity index (χ1v) is 12.4. The Hall–Kier alpha value is -5.75. The molecule has 214 valence electrons. The van der Waals surface area contributed by atoms with E-state index in [2.05, 4.69) is 0 Å². The monoisotopic (exact) mass is 574 g/mol. The van der Waals surface area contributed by atoms with Crippen LogP contribution >= 0.6 is 0 Å². The third kappa shape index (κ3) is 4.09. The van der Waals surface area contributed by atoms with E-state index in [1.807, 2.05) is 0 Å². The number of ether oxygens (including phenoxy) is 1. The zero-order valence-corrected chi connectivity index (χ0v) is 21.3. The molecule has 1 aliphatic heterocycles. The molecule has 9 N–H and O–H groups in total. The van der Waals surface area contributed by atoms with Gasteiger partial charge in [0.1, 0.15) is 34.7 Å². The molecule has 5 aromatic rings. The third-order valence-electron chi connectivity index (χ3n) is 7.24. The zero-order valence-electron chi connectivity index (χ0n) is 21.3. The molecule has 0 saturated heterocycles. The molecule has 0 amide bonds. The molecule has 2 heterocycles. The number of benzene rings is 4. The van der Waals surface area contributed by atoms with Gasteiger partial charge in [0.25, 0.3) is 0 Å². The summed E-state index contributed by atoms with van der Waals surface area (Å²) in [7, 11) is 0. The first-order valence-electron chi connectivity index (χ1n) is 12.4. The largest absolute Gasteiger partial charge is 0.508 e. The Morgan fingerprint density at radius 3 is 2.02 bits per heavy atom. The van der Waals surface area contributed by atoms with Gasteiger partial charge in [-0.15, -0.1) is 0 Å². The van der Waals surface area contributed by atoms with Gasteiger partial charge >= 0.3 is 0 Å². The zero-order chi connectivity index (χ0) is 30.0. The highest BCUT2D eigenvalue weighted by Crippen LogP contribution is 2.55. The van der Waals surface area contributed by atoms with Gasteiger partial charge in [-0.25, -0.2) is 0 Å². The standard InChI is InChI=1S/C30H22O12/c31-12-1-3-14-17(33)10-23(41-21(14)7-12)16-9-20(36)27(38)28(39)25(16)24-15-4-2-13(32)8-22(15)42-30(29(24)40)11-5-18(34)26(37)19(35)6-11/h1-10,24,29-32,34-40H. The van der Waals surface area contributed by atoms with Gasteiger partial charge in [-0.2, -0.15) is 0 Å². The normalized spacial score (nSPS) is 18.0. The van der Waals surface area contributed by atoms with Crippen LogP contribution in [-0.2, 0) is 0 Å². The second kappa shape index (κ2) is 9.42. The molecule has 0 radical (unpaired) electrons. The maximum atomic E-state index is 13.0. The van der Waals surface area contributed by atoms with Gasteiger partial charge in [0, 0.05) is 46.4 Å². The van der Waals surface area contributed by atoms with E-state index in [-0.39, 0.29) is 56.2 Å². The van der Waals surface area contributed by atoms with Gasteiger partial charge in [0.2, 0.25) is 5.75 Å². The Morgan fingerprint density at radius 2 is 1.31 bits per heavy atom. The van der Waals surface area contributed by atoms with Crippen molar-refractivity contribution in [3.63, 3.8) is 0 Å². The van der Waals surface area contributed by atoms with Crippen LogP contribution in [0.4, 0.5) is 0 Å². The lowest BCUT2D eigenvalue weighted by atomic mass is 9.77. The quantitative estimate of drug-likeness (QED) is 0.141. The Morgan fingerprint density at radius 1 is 0.667 bits per heavy atom. The molecule has 3 atom stereocenters. The SMILES string of the molecule is O=c1cc(-c2cc(O)c(O)c(O)c2C2c3ccc(O)cc3OC(c3cc(O)c(O)c(O)c3)C2O)oc2cc(O)ccc12. The maximum absolute atomic E-state index is 13.0. The van der Waals surface area contributed by atoms with Crippen molar-refractivity contribution in [3.05, 3.63) is 87.6 Å². The third-order valence-corrected chi connectivity index (χ3v) is 7.24. The van der Waals surface area contributed by atoms with Crippen molar-refractivity contribution in [1.82, 2.24) is 0 Å². The van der Waals surface area contributed by atoms with Gasteiger partial charge in [-0.3, -0.25) is 4.79 Å². The number of aliphatic hydroxyl groups is 1. The van der Waals surface area contributed by atoms with Crippen molar-refractivity contribution in [2.45, 2.75) is 18.1 Å². The minimum atomic E-state index is -1.66. The number of aliphatic hydroxyl groups excluding tert-OH is 1. The van der Waals surface area contributed by atoms with E-state index in [0.29, 0.717) is 0 Å². The maximum Gasteiger partial charge on any atom is 0.200 e. The second-order valence-electron chi connectivity index (χ2n) is 9.85. The molecule has 12 heteroatoms. The number of aromatic hydroxyl groups is 8. The molecule has 4 aromatic carbocycles. The molecule has 1 aliphatic rings. The molecule has 6 rings (SSSR count). The lowest BCUT2D eigenvalue weighted by Gasteiger charge is -2.38. The first-order chi connectivity index (χ1) is 19.9. The van der Waals surface area contributed by atoms with E-state index < -0.39 is 58.1 Å². The molecule has 42 heavy (non-hydrogen) atoms. The molecule has 0 bridgehead atoms. The van der Waals surface area contributed by atoms with Crippen LogP contribution < -0.4 is 10.2 Å². The topological polar surface area (TPSA) is 222 Å². The molecule has 0 aliphatic carbocycles. The number of hydrogen-bond donors (Lipinski definition) is 9. The van der Waals surface area contributed by atoms with E-state index in [1.54, 1.807) is 0 Å². The molecule has 0 spiro atoms. The van der Waals surface area contributed by atoms with Crippen molar-refractivity contribution in [2.75, 3.05) is 0 Å². The van der Waals surface area contributed by atoms with Gasteiger partial charge < -0.3 is 55.1 Å². The fourth-order valence-electron chi connectivity index (χ4n) is 5.28. The van der Waals surface area contributed by atoms with E-state index in [9.17, 15) is 50.8 Å². The van der Waals surface area contributed by atoms with Crippen molar-refractivity contribution >= 4 is 11.0 Å². The lowest BCUT2D eigenvalue weighted by Crippen LogP contribution is -2.35. The predicted octanol–water partition coefficient (Wildman–Crippen LogP) is 3.73. The molecule has 0 saturated carbocycles. The number of rotatable bonds is 3. The lowest BCUT2D eigenvalue weighted by molar-refractivity contribution is 0.00772. The van der Waals surface area contributed by atoms with Crippen molar-refractivity contribution in [2.24, 2.45) is 0 Å². The first kappa shape index (κ1) is 26.5. The van der Waals surface area contributed by atoms with Gasteiger partial charge in [-0.05, 0) is 36.4 Å². The van der Waals surface area contributed by atoms with Crippen LogP contribution in [0.15, 0.2) is 69.9 Å². The van der Waals surface area contributed by atoms with Crippen LogP contribution in [0, 0.1) is 0 Å². The fraction of sp³-hybridized carbons (Fsp3) is 0.100. The smallest absolute Gasteiger partial charge is 0.200 e. The molecule has 3 unspecified atom stereocenters. The van der Waals surface area contributed by atoms with Crippen molar-refractivity contribution in [1.29, 1.82) is 0 Å². The highest BCUT2D eigenvalue weighted by molar-refractivity contribution is 5.82. The molecule has 0 fully saturated rings. The summed E-state index contributed by atoms with van der Waals surface area (Å²) < 4.78 is 11.8. The van der Waals surface area contributed by atoms with Crippen LogP contribution in [-0.4, -0.2) is 52.1 Å². The minimum absolute atomic E-state index is 0.00477. The summed E-state index contributed by atoms with van der Waals surface area (Å²) in [6.07, 6.45) is -3.05. The molecular weight excluding hydrogens is 552 g/mol. The van der Waals surface area contributed by atoms with E-state index >= 15 is 0 Å². The summed E-state index contributed by atoms with van der Waals surface area (Å²) in [6.45, 7) is 0. The van der Waals surface area contributed by atoms with Crippen molar-refractivity contribution < 1.29 is 55.1 Å². The van der Waals surface area contributed by atoms with Crippen LogP contribution in [0.2, 0.25) is 0 Å². The van der Waals surface area contributed by atoms with Crippen LogP contribution in [0.25, 0.3) is 22.3 Å². The highest BCUT2D eigenvalue weighted by Gasteiger charge is 2.43. The van der Waals surface area contributed by atoms with E-state index in [1.165, 1.54) is 36.4 Å².